The molecule has 0 saturated carbocycles. The van der Waals surface area contributed by atoms with Crippen molar-refractivity contribution in [2.75, 3.05) is 12.3 Å². The van der Waals surface area contributed by atoms with Gasteiger partial charge >= 0.3 is 0 Å². The molecular formula is C15H21N3S. The molecule has 0 fully saturated rings. The van der Waals surface area contributed by atoms with Gasteiger partial charge in [0.2, 0.25) is 0 Å². The molecule has 2 aromatic rings. The van der Waals surface area contributed by atoms with Gasteiger partial charge in [0.05, 0.1) is 5.52 Å². The highest BCUT2D eigenvalue weighted by Gasteiger charge is 2.05. The Bertz CT molecular complexity index is 506. The number of benzene rings is 1. The zero-order valence-corrected chi connectivity index (χ0v) is 12.4. The SMILES string of the molecule is CCC(CC)NCCSc1ncnc2ccccc12. The number of hydrogen-bond acceptors (Lipinski definition) is 4. The largest absolute Gasteiger partial charge is 0.313 e. The van der Waals surface area contributed by atoms with Gasteiger partial charge in [0.1, 0.15) is 11.4 Å². The Hall–Kier alpha value is -1.13. The van der Waals surface area contributed by atoms with Crippen LogP contribution in [0.4, 0.5) is 0 Å². The monoisotopic (exact) mass is 275 g/mol. The van der Waals surface area contributed by atoms with Crippen molar-refractivity contribution in [3.8, 4) is 0 Å². The molecule has 2 rings (SSSR count). The third-order valence-corrected chi connectivity index (χ3v) is 4.27. The lowest BCUT2D eigenvalue weighted by Gasteiger charge is -2.14. The zero-order chi connectivity index (χ0) is 13.5. The van der Waals surface area contributed by atoms with Gasteiger partial charge in [-0.2, -0.15) is 0 Å². The lowest BCUT2D eigenvalue weighted by atomic mass is 10.2. The van der Waals surface area contributed by atoms with Crippen molar-refractivity contribution in [1.29, 1.82) is 0 Å². The number of nitrogens with zero attached hydrogens (tertiary/aromatic N) is 2. The minimum absolute atomic E-state index is 0.641. The molecule has 0 bridgehead atoms. The van der Waals surface area contributed by atoms with Crippen LogP contribution in [-0.2, 0) is 0 Å². The summed E-state index contributed by atoms with van der Waals surface area (Å²) in [4.78, 5) is 8.67. The van der Waals surface area contributed by atoms with Crippen molar-refractivity contribution >= 4 is 22.7 Å². The average molecular weight is 275 g/mol. The van der Waals surface area contributed by atoms with Crippen LogP contribution in [0.2, 0.25) is 0 Å². The highest BCUT2D eigenvalue weighted by Crippen LogP contribution is 2.23. The van der Waals surface area contributed by atoms with Gasteiger partial charge in [-0.25, -0.2) is 9.97 Å². The molecule has 0 atom stereocenters. The van der Waals surface area contributed by atoms with Crippen molar-refractivity contribution < 1.29 is 0 Å². The molecular weight excluding hydrogens is 254 g/mol. The molecule has 0 spiro atoms. The molecule has 19 heavy (non-hydrogen) atoms. The summed E-state index contributed by atoms with van der Waals surface area (Å²) in [5, 5.41) is 5.80. The Morgan fingerprint density at radius 3 is 2.74 bits per heavy atom. The van der Waals surface area contributed by atoms with Crippen LogP contribution < -0.4 is 5.32 Å². The number of rotatable bonds is 7. The Morgan fingerprint density at radius 2 is 1.95 bits per heavy atom. The predicted molar refractivity (Wildman–Crippen MR) is 82.6 cm³/mol. The molecule has 1 heterocycles. The van der Waals surface area contributed by atoms with Crippen molar-refractivity contribution in [3.63, 3.8) is 0 Å². The van der Waals surface area contributed by atoms with E-state index < -0.39 is 0 Å². The summed E-state index contributed by atoms with van der Waals surface area (Å²) in [5.74, 6) is 1.04. The van der Waals surface area contributed by atoms with Gasteiger partial charge in [0, 0.05) is 23.7 Å². The van der Waals surface area contributed by atoms with Gasteiger partial charge in [0.15, 0.2) is 0 Å². The van der Waals surface area contributed by atoms with Gasteiger partial charge in [-0.1, -0.05) is 32.0 Å². The van der Waals surface area contributed by atoms with E-state index in [4.69, 9.17) is 0 Å². The van der Waals surface area contributed by atoms with E-state index in [1.807, 2.05) is 18.2 Å². The third kappa shape index (κ3) is 3.91. The van der Waals surface area contributed by atoms with Crippen LogP contribution >= 0.6 is 11.8 Å². The summed E-state index contributed by atoms with van der Waals surface area (Å²) < 4.78 is 0. The molecule has 0 unspecified atom stereocenters. The Kier molecular flexibility index (Phi) is 5.61. The van der Waals surface area contributed by atoms with E-state index in [9.17, 15) is 0 Å². The van der Waals surface area contributed by atoms with Gasteiger partial charge in [0.25, 0.3) is 0 Å². The second-order valence-corrected chi connectivity index (χ2v) is 5.60. The molecule has 1 N–H and O–H groups in total. The summed E-state index contributed by atoms with van der Waals surface area (Å²) in [6.07, 6.45) is 4.04. The highest BCUT2D eigenvalue weighted by molar-refractivity contribution is 7.99. The Balaban J connectivity index is 1.91. The molecule has 4 heteroatoms. The first-order valence-electron chi connectivity index (χ1n) is 6.91. The van der Waals surface area contributed by atoms with E-state index in [-0.39, 0.29) is 0 Å². The molecule has 0 amide bonds. The Morgan fingerprint density at radius 1 is 1.16 bits per heavy atom. The maximum absolute atomic E-state index is 4.39. The van der Waals surface area contributed by atoms with Gasteiger partial charge in [-0.05, 0) is 18.9 Å². The molecule has 0 aliphatic carbocycles. The molecule has 3 nitrogen and oxygen atoms in total. The fourth-order valence-corrected chi connectivity index (χ4v) is 2.95. The number of thioether (sulfide) groups is 1. The number of nitrogens with one attached hydrogen (secondary N) is 1. The zero-order valence-electron chi connectivity index (χ0n) is 11.6. The van der Waals surface area contributed by atoms with E-state index in [2.05, 4.69) is 35.2 Å². The van der Waals surface area contributed by atoms with Crippen molar-refractivity contribution in [3.05, 3.63) is 30.6 Å². The van der Waals surface area contributed by atoms with Crippen LogP contribution in [0.1, 0.15) is 26.7 Å². The summed E-state index contributed by atoms with van der Waals surface area (Å²) >= 11 is 1.80. The molecule has 1 aromatic carbocycles. The molecule has 0 radical (unpaired) electrons. The summed E-state index contributed by atoms with van der Waals surface area (Å²) in [5.41, 5.74) is 1.02. The summed E-state index contributed by atoms with van der Waals surface area (Å²) in [6, 6.07) is 8.81. The first kappa shape index (κ1) is 14.3. The Labute approximate surface area is 119 Å². The minimum Gasteiger partial charge on any atom is -0.313 e. The van der Waals surface area contributed by atoms with Crippen LogP contribution in [0.5, 0.6) is 0 Å². The first-order valence-corrected chi connectivity index (χ1v) is 7.89. The standard InChI is InChI=1S/C15H21N3S/c1-3-12(4-2)16-9-10-19-15-13-7-5-6-8-14(13)17-11-18-15/h5-8,11-12,16H,3-4,9-10H2,1-2H3. The smallest absolute Gasteiger partial charge is 0.117 e. The van der Waals surface area contributed by atoms with E-state index in [1.54, 1.807) is 18.1 Å². The average Bonchev–Trinajstić information content (AvgIpc) is 2.47. The van der Waals surface area contributed by atoms with Crippen LogP contribution in [0, 0.1) is 0 Å². The lowest BCUT2D eigenvalue weighted by molar-refractivity contribution is 0.501. The van der Waals surface area contributed by atoms with E-state index in [0.29, 0.717) is 6.04 Å². The number of fused-ring (bicyclic) bond motifs is 1. The minimum atomic E-state index is 0.641. The number of aromatic nitrogens is 2. The van der Waals surface area contributed by atoms with Gasteiger partial charge < -0.3 is 5.32 Å². The van der Waals surface area contributed by atoms with E-state index in [0.717, 1.165) is 28.2 Å². The first-order chi connectivity index (χ1) is 9.35. The lowest BCUT2D eigenvalue weighted by Crippen LogP contribution is -2.29. The van der Waals surface area contributed by atoms with Gasteiger partial charge in [-0.15, -0.1) is 11.8 Å². The molecule has 0 saturated heterocycles. The summed E-state index contributed by atoms with van der Waals surface area (Å²) in [6.45, 7) is 5.48. The fraction of sp³-hybridized carbons (Fsp3) is 0.467. The maximum atomic E-state index is 4.39. The van der Waals surface area contributed by atoms with Crippen molar-refractivity contribution in [2.24, 2.45) is 0 Å². The molecule has 102 valence electrons. The third-order valence-electron chi connectivity index (χ3n) is 3.27. The number of hydrogen-bond donors (Lipinski definition) is 1. The quantitative estimate of drug-likeness (QED) is 0.477. The number of para-hydroxylation sites is 1. The van der Waals surface area contributed by atoms with Crippen molar-refractivity contribution in [1.82, 2.24) is 15.3 Å². The van der Waals surface area contributed by atoms with Crippen LogP contribution in [0.25, 0.3) is 10.9 Å². The van der Waals surface area contributed by atoms with Gasteiger partial charge in [-0.3, -0.25) is 0 Å². The fourth-order valence-electron chi connectivity index (χ4n) is 2.08. The van der Waals surface area contributed by atoms with Crippen LogP contribution in [-0.4, -0.2) is 28.3 Å². The molecule has 0 aliphatic heterocycles. The molecule has 0 aliphatic rings. The normalized spacial score (nSPS) is 11.3. The second kappa shape index (κ2) is 7.46. The van der Waals surface area contributed by atoms with E-state index in [1.165, 1.54) is 12.8 Å². The highest BCUT2D eigenvalue weighted by atomic mass is 32.2. The predicted octanol–water partition coefficient (Wildman–Crippen LogP) is 3.50. The van der Waals surface area contributed by atoms with Crippen LogP contribution in [0.3, 0.4) is 0 Å². The van der Waals surface area contributed by atoms with E-state index >= 15 is 0 Å². The van der Waals surface area contributed by atoms with Crippen molar-refractivity contribution in [2.45, 2.75) is 37.8 Å². The summed E-state index contributed by atoms with van der Waals surface area (Å²) in [7, 11) is 0. The second-order valence-electron chi connectivity index (χ2n) is 4.51. The maximum Gasteiger partial charge on any atom is 0.117 e. The van der Waals surface area contributed by atoms with Crippen LogP contribution in [0.15, 0.2) is 35.6 Å². The topological polar surface area (TPSA) is 37.8 Å². The molecule has 1 aromatic heterocycles.